The zero-order valence-corrected chi connectivity index (χ0v) is 9.98. The van der Waals surface area contributed by atoms with Crippen LogP contribution in [0.5, 0.6) is 0 Å². The molecule has 1 aromatic carbocycles. The summed E-state index contributed by atoms with van der Waals surface area (Å²) in [5.41, 5.74) is 0.0231. The minimum atomic E-state index is -1.23. The minimum absolute atomic E-state index is 0.0231. The van der Waals surface area contributed by atoms with E-state index in [2.05, 4.69) is 0 Å². The van der Waals surface area contributed by atoms with E-state index in [9.17, 15) is 18.4 Å². The van der Waals surface area contributed by atoms with Gasteiger partial charge in [-0.25, -0.2) is 8.78 Å². The Morgan fingerprint density at radius 1 is 1.28 bits per heavy atom. The van der Waals surface area contributed by atoms with Gasteiger partial charge < -0.3 is 10.0 Å². The Morgan fingerprint density at radius 2 is 1.89 bits per heavy atom. The molecular weight excluding hydrogens is 244 g/mol. The van der Waals surface area contributed by atoms with E-state index in [0.717, 1.165) is 17.0 Å². The summed E-state index contributed by atoms with van der Waals surface area (Å²) in [4.78, 5) is 23.4. The first-order chi connectivity index (χ1) is 8.32. The van der Waals surface area contributed by atoms with Crippen molar-refractivity contribution in [1.82, 2.24) is 0 Å². The molecule has 18 heavy (non-hydrogen) atoms. The van der Waals surface area contributed by atoms with E-state index >= 15 is 0 Å². The number of halogens is 2. The molecule has 0 radical (unpaired) electrons. The van der Waals surface area contributed by atoms with Gasteiger partial charge in [0.15, 0.2) is 11.6 Å². The predicted octanol–water partition coefficient (Wildman–Crippen LogP) is 2.04. The van der Waals surface area contributed by atoms with E-state index in [0.29, 0.717) is 0 Å². The molecule has 0 fully saturated rings. The molecular formula is C12H13F2NO3. The van der Waals surface area contributed by atoms with Crippen molar-refractivity contribution >= 4 is 17.6 Å². The molecule has 1 N–H and O–H groups in total. The standard InChI is InChI=1S/C12H13F2NO3/c1-7(2)12(18)15(6-11(16)17)8-3-4-9(13)10(14)5-8/h3-5,7H,6H2,1-2H3,(H,16,17). The normalized spacial score (nSPS) is 10.5. The van der Waals surface area contributed by atoms with Gasteiger partial charge in [0.25, 0.3) is 0 Å². The summed E-state index contributed by atoms with van der Waals surface area (Å²) in [6, 6.07) is 2.83. The third kappa shape index (κ3) is 3.26. The summed E-state index contributed by atoms with van der Waals surface area (Å²) in [6.07, 6.45) is 0. The van der Waals surface area contributed by atoms with Crippen LogP contribution in [-0.4, -0.2) is 23.5 Å². The molecule has 98 valence electrons. The first-order valence-corrected chi connectivity index (χ1v) is 5.31. The number of anilines is 1. The molecule has 1 rings (SSSR count). The highest BCUT2D eigenvalue weighted by Gasteiger charge is 2.22. The lowest BCUT2D eigenvalue weighted by Gasteiger charge is -2.22. The van der Waals surface area contributed by atoms with Gasteiger partial charge >= 0.3 is 5.97 Å². The van der Waals surface area contributed by atoms with Gasteiger partial charge in [-0.05, 0) is 12.1 Å². The molecule has 0 spiro atoms. The first kappa shape index (κ1) is 14.1. The van der Waals surface area contributed by atoms with Crippen LogP contribution in [0.3, 0.4) is 0 Å². The fourth-order valence-corrected chi connectivity index (χ4v) is 1.40. The van der Waals surface area contributed by atoms with Crippen molar-refractivity contribution < 1.29 is 23.5 Å². The highest BCUT2D eigenvalue weighted by Crippen LogP contribution is 2.19. The number of nitrogens with zero attached hydrogens (tertiary/aromatic N) is 1. The minimum Gasteiger partial charge on any atom is -0.480 e. The fourth-order valence-electron chi connectivity index (χ4n) is 1.40. The van der Waals surface area contributed by atoms with Crippen LogP contribution >= 0.6 is 0 Å². The lowest BCUT2D eigenvalue weighted by atomic mass is 10.1. The van der Waals surface area contributed by atoms with Crippen molar-refractivity contribution in [3.05, 3.63) is 29.8 Å². The maximum atomic E-state index is 13.1. The summed E-state index contributed by atoms with van der Waals surface area (Å²) in [5.74, 6) is -4.32. The average Bonchev–Trinajstić information content (AvgIpc) is 2.28. The molecule has 0 saturated heterocycles. The van der Waals surface area contributed by atoms with Crippen LogP contribution in [0, 0.1) is 17.6 Å². The van der Waals surface area contributed by atoms with Gasteiger partial charge in [0.05, 0.1) is 0 Å². The molecule has 1 aromatic rings. The second-order valence-corrected chi connectivity index (χ2v) is 4.07. The van der Waals surface area contributed by atoms with Gasteiger partial charge in [0, 0.05) is 17.7 Å². The highest BCUT2D eigenvalue weighted by molar-refractivity contribution is 5.98. The quantitative estimate of drug-likeness (QED) is 0.898. The van der Waals surface area contributed by atoms with Gasteiger partial charge in [-0.1, -0.05) is 13.8 Å². The summed E-state index contributed by atoms with van der Waals surface area (Å²) in [6.45, 7) is 2.59. The zero-order chi connectivity index (χ0) is 13.9. The zero-order valence-electron chi connectivity index (χ0n) is 9.98. The predicted molar refractivity (Wildman–Crippen MR) is 61.2 cm³/mol. The van der Waals surface area contributed by atoms with Crippen molar-refractivity contribution in [3.8, 4) is 0 Å². The average molecular weight is 257 g/mol. The highest BCUT2D eigenvalue weighted by atomic mass is 19.2. The smallest absolute Gasteiger partial charge is 0.323 e. The van der Waals surface area contributed by atoms with Crippen molar-refractivity contribution in [2.45, 2.75) is 13.8 Å². The number of hydrogen-bond donors (Lipinski definition) is 1. The van der Waals surface area contributed by atoms with Gasteiger partial charge in [0.1, 0.15) is 6.54 Å². The number of rotatable bonds is 4. The van der Waals surface area contributed by atoms with Crippen molar-refractivity contribution in [2.75, 3.05) is 11.4 Å². The molecule has 0 unspecified atom stereocenters. The lowest BCUT2D eigenvalue weighted by Crippen LogP contribution is -2.38. The van der Waals surface area contributed by atoms with E-state index in [1.165, 1.54) is 6.07 Å². The molecule has 0 aliphatic rings. The molecule has 0 aliphatic carbocycles. The Kier molecular flexibility index (Phi) is 4.36. The lowest BCUT2D eigenvalue weighted by molar-refractivity contribution is -0.137. The number of benzene rings is 1. The van der Waals surface area contributed by atoms with E-state index in [1.807, 2.05) is 0 Å². The molecule has 6 heteroatoms. The number of hydrogen-bond acceptors (Lipinski definition) is 2. The number of amides is 1. The second-order valence-electron chi connectivity index (χ2n) is 4.07. The first-order valence-electron chi connectivity index (χ1n) is 5.31. The number of carbonyl (C=O) groups excluding carboxylic acids is 1. The van der Waals surface area contributed by atoms with Crippen molar-refractivity contribution in [1.29, 1.82) is 0 Å². The number of aliphatic carboxylic acids is 1. The number of carbonyl (C=O) groups is 2. The number of carboxylic acid groups (broad SMARTS) is 1. The van der Waals surface area contributed by atoms with Crippen LogP contribution in [0.4, 0.5) is 14.5 Å². The Balaban J connectivity index is 3.12. The largest absolute Gasteiger partial charge is 0.480 e. The fraction of sp³-hybridized carbons (Fsp3) is 0.333. The molecule has 0 atom stereocenters. The summed E-state index contributed by atoms with van der Waals surface area (Å²) >= 11 is 0. The molecule has 1 amide bonds. The van der Waals surface area contributed by atoms with Gasteiger partial charge in [-0.3, -0.25) is 9.59 Å². The molecule has 4 nitrogen and oxygen atoms in total. The monoisotopic (exact) mass is 257 g/mol. The second kappa shape index (κ2) is 5.57. The van der Waals surface area contributed by atoms with Crippen LogP contribution in [0.1, 0.15) is 13.8 Å². The molecule has 0 heterocycles. The maximum absolute atomic E-state index is 13.1. The SMILES string of the molecule is CC(C)C(=O)N(CC(=O)O)c1ccc(F)c(F)c1. The summed E-state index contributed by atoms with van der Waals surface area (Å²) in [7, 11) is 0. The molecule has 0 aromatic heterocycles. The Hall–Kier alpha value is -1.98. The van der Waals surface area contributed by atoms with E-state index in [-0.39, 0.29) is 5.69 Å². The van der Waals surface area contributed by atoms with Crippen LogP contribution in [0.25, 0.3) is 0 Å². The summed E-state index contributed by atoms with van der Waals surface area (Å²) < 4.78 is 25.9. The van der Waals surface area contributed by atoms with Gasteiger partial charge in [-0.15, -0.1) is 0 Å². The van der Waals surface area contributed by atoms with Crippen molar-refractivity contribution in [2.24, 2.45) is 5.92 Å². The Bertz CT molecular complexity index is 474. The van der Waals surface area contributed by atoms with E-state index in [1.54, 1.807) is 13.8 Å². The van der Waals surface area contributed by atoms with Crippen LogP contribution in [0.2, 0.25) is 0 Å². The Morgan fingerprint density at radius 3 is 2.33 bits per heavy atom. The molecule has 0 aliphatic heterocycles. The summed E-state index contributed by atoms with van der Waals surface area (Å²) in [5, 5.41) is 8.74. The van der Waals surface area contributed by atoms with Gasteiger partial charge in [-0.2, -0.15) is 0 Å². The topological polar surface area (TPSA) is 57.6 Å². The maximum Gasteiger partial charge on any atom is 0.323 e. The van der Waals surface area contributed by atoms with Crippen LogP contribution < -0.4 is 4.90 Å². The van der Waals surface area contributed by atoms with Crippen LogP contribution in [0.15, 0.2) is 18.2 Å². The van der Waals surface area contributed by atoms with E-state index < -0.39 is 36.0 Å². The van der Waals surface area contributed by atoms with Crippen LogP contribution in [-0.2, 0) is 9.59 Å². The third-order valence-corrected chi connectivity index (χ3v) is 2.27. The van der Waals surface area contributed by atoms with E-state index in [4.69, 9.17) is 5.11 Å². The van der Waals surface area contributed by atoms with Gasteiger partial charge in [0.2, 0.25) is 5.91 Å². The third-order valence-electron chi connectivity index (χ3n) is 2.27. The molecule has 0 saturated carbocycles. The molecule has 0 bridgehead atoms. The number of carboxylic acids is 1. The Labute approximate surface area is 103 Å². The van der Waals surface area contributed by atoms with Crippen molar-refractivity contribution in [3.63, 3.8) is 0 Å².